The van der Waals surface area contributed by atoms with E-state index in [2.05, 4.69) is 9.97 Å². The van der Waals surface area contributed by atoms with Crippen LogP contribution in [0, 0.1) is 0 Å². The number of aliphatic hydroxyl groups excluding tert-OH is 1. The van der Waals surface area contributed by atoms with Crippen LogP contribution in [0.15, 0.2) is 60.2 Å². The summed E-state index contributed by atoms with van der Waals surface area (Å²) in [7, 11) is 5.89. The van der Waals surface area contributed by atoms with E-state index in [1.165, 1.54) is 38.4 Å². The first-order valence-electron chi connectivity index (χ1n) is 11.7. The van der Waals surface area contributed by atoms with Crippen molar-refractivity contribution in [2.24, 2.45) is 0 Å². The molecule has 1 amide bonds. The highest BCUT2D eigenvalue weighted by Crippen LogP contribution is 2.45. The van der Waals surface area contributed by atoms with E-state index in [9.17, 15) is 14.7 Å². The average Bonchev–Trinajstić information content (AvgIpc) is 3.49. The predicted octanol–water partition coefficient (Wildman–Crippen LogP) is 4.88. The van der Waals surface area contributed by atoms with Crippen LogP contribution < -0.4 is 23.8 Å². The van der Waals surface area contributed by atoms with Crippen LogP contribution in [0.25, 0.3) is 16.8 Å². The predicted molar refractivity (Wildman–Crippen MR) is 145 cm³/mol. The Hall–Kier alpha value is -4.70. The number of aromatic nitrogens is 2. The molecule has 0 aliphatic carbocycles. The molecule has 39 heavy (non-hydrogen) atoms. The number of carbonyl (C=O) groups excluding carboxylic acids is 2. The number of imidazole rings is 1. The molecular weight excluding hydrogens is 526 g/mol. The van der Waals surface area contributed by atoms with Gasteiger partial charge in [-0.15, -0.1) is 0 Å². The SMILES string of the molecule is COc1cccc(C2/C(=C(\O)c3cc(Cl)c(OC)cc3OC)C(=O)C(=O)N2c2nc3ccc(OC)cc3[nH]2)c1. The number of fused-ring (bicyclic) bond motifs is 1. The highest BCUT2D eigenvalue weighted by Gasteiger charge is 2.48. The first-order chi connectivity index (χ1) is 18.8. The van der Waals surface area contributed by atoms with E-state index in [4.69, 9.17) is 30.5 Å². The third-order valence-electron chi connectivity index (χ3n) is 6.49. The van der Waals surface area contributed by atoms with E-state index < -0.39 is 23.5 Å². The maximum absolute atomic E-state index is 13.6. The molecule has 1 fully saturated rings. The Morgan fingerprint density at radius 2 is 1.64 bits per heavy atom. The van der Waals surface area contributed by atoms with Crippen molar-refractivity contribution in [1.82, 2.24) is 9.97 Å². The zero-order valence-electron chi connectivity index (χ0n) is 21.4. The number of anilines is 1. The molecule has 3 aromatic carbocycles. The van der Waals surface area contributed by atoms with Gasteiger partial charge in [-0.25, -0.2) is 4.98 Å². The molecule has 200 valence electrons. The summed E-state index contributed by atoms with van der Waals surface area (Å²) in [5, 5.41) is 11.7. The minimum Gasteiger partial charge on any atom is -0.507 e. The number of nitrogens with one attached hydrogen (secondary N) is 1. The molecule has 0 bridgehead atoms. The fraction of sp³-hybridized carbons (Fsp3) is 0.179. The van der Waals surface area contributed by atoms with Crippen LogP contribution in [0.2, 0.25) is 5.02 Å². The molecule has 2 heterocycles. The van der Waals surface area contributed by atoms with Crippen molar-refractivity contribution in [2.75, 3.05) is 33.3 Å². The van der Waals surface area contributed by atoms with Crippen molar-refractivity contribution in [3.8, 4) is 23.0 Å². The molecule has 1 aliphatic heterocycles. The fourth-order valence-corrected chi connectivity index (χ4v) is 4.83. The molecule has 0 saturated carbocycles. The summed E-state index contributed by atoms with van der Waals surface area (Å²) in [6.07, 6.45) is 0. The molecule has 1 aliphatic rings. The van der Waals surface area contributed by atoms with Gasteiger partial charge in [-0.05, 0) is 35.9 Å². The summed E-state index contributed by atoms with van der Waals surface area (Å²) < 4.78 is 21.4. The monoisotopic (exact) mass is 549 g/mol. The first-order valence-corrected chi connectivity index (χ1v) is 12.1. The number of nitrogens with zero attached hydrogens (tertiary/aromatic N) is 2. The zero-order valence-corrected chi connectivity index (χ0v) is 22.2. The summed E-state index contributed by atoms with van der Waals surface area (Å²) in [6, 6.07) is 13.9. The molecule has 4 aromatic rings. The van der Waals surface area contributed by atoms with Crippen LogP contribution in [0.3, 0.4) is 0 Å². The van der Waals surface area contributed by atoms with E-state index in [-0.39, 0.29) is 27.9 Å². The molecule has 2 N–H and O–H groups in total. The Labute approximate surface area is 228 Å². The average molecular weight is 550 g/mol. The smallest absolute Gasteiger partial charge is 0.302 e. The van der Waals surface area contributed by atoms with Crippen molar-refractivity contribution in [3.63, 3.8) is 0 Å². The highest BCUT2D eigenvalue weighted by molar-refractivity contribution is 6.51. The second-order valence-electron chi connectivity index (χ2n) is 8.58. The second kappa shape index (κ2) is 10.2. The molecular formula is C28H24ClN3O7. The maximum Gasteiger partial charge on any atom is 0.302 e. The van der Waals surface area contributed by atoms with E-state index >= 15 is 0 Å². The van der Waals surface area contributed by atoms with Gasteiger partial charge in [0.15, 0.2) is 0 Å². The Morgan fingerprint density at radius 3 is 2.33 bits per heavy atom. The van der Waals surface area contributed by atoms with E-state index in [1.54, 1.807) is 49.6 Å². The normalized spacial score (nSPS) is 16.5. The van der Waals surface area contributed by atoms with Gasteiger partial charge in [0.1, 0.15) is 28.8 Å². The molecule has 0 radical (unpaired) electrons. The number of halogens is 1. The number of hydrogen-bond acceptors (Lipinski definition) is 8. The van der Waals surface area contributed by atoms with Gasteiger partial charge in [-0.1, -0.05) is 23.7 Å². The third kappa shape index (κ3) is 4.38. The van der Waals surface area contributed by atoms with Crippen LogP contribution in [0.1, 0.15) is 17.2 Å². The molecule has 11 heteroatoms. The quantitative estimate of drug-likeness (QED) is 0.190. The van der Waals surface area contributed by atoms with E-state index in [0.717, 1.165) is 0 Å². The van der Waals surface area contributed by atoms with Crippen molar-refractivity contribution in [3.05, 3.63) is 76.3 Å². The largest absolute Gasteiger partial charge is 0.507 e. The van der Waals surface area contributed by atoms with Gasteiger partial charge in [0.05, 0.1) is 61.7 Å². The maximum atomic E-state index is 13.6. The number of amides is 1. The lowest BCUT2D eigenvalue weighted by Gasteiger charge is -2.23. The van der Waals surface area contributed by atoms with E-state index in [0.29, 0.717) is 33.8 Å². The van der Waals surface area contributed by atoms with Gasteiger partial charge in [-0.2, -0.15) is 0 Å². The topological polar surface area (TPSA) is 123 Å². The number of rotatable bonds is 7. The van der Waals surface area contributed by atoms with Crippen molar-refractivity contribution < 1.29 is 33.6 Å². The van der Waals surface area contributed by atoms with Gasteiger partial charge in [0, 0.05) is 12.1 Å². The number of methoxy groups -OCH3 is 4. The molecule has 10 nitrogen and oxygen atoms in total. The van der Waals surface area contributed by atoms with Gasteiger partial charge in [0.2, 0.25) is 5.95 Å². The summed E-state index contributed by atoms with van der Waals surface area (Å²) in [5.41, 5.74) is 1.60. The Morgan fingerprint density at radius 1 is 0.923 bits per heavy atom. The van der Waals surface area contributed by atoms with Crippen LogP contribution in [-0.2, 0) is 9.59 Å². The number of ether oxygens (including phenoxy) is 4. The van der Waals surface area contributed by atoms with Gasteiger partial charge in [-0.3, -0.25) is 14.5 Å². The number of hydrogen-bond donors (Lipinski definition) is 2. The molecule has 5 rings (SSSR count). The highest BCUT2D eigenvalue weighted by atomic mass is 35.5. The molecule has 0 spiro atoms. The molecule has 1 saturated heterocycles. The first kappa shape index (κ1) is 25.9. The van der Waals surface area contributed by atoms with Gasteiger partial charge in [0.25, 0.3) is 5.78 Å². The van der Waals surface area contributed by atoms with E-state index in [1.807, 2.05) is 0 Å². The number of carbonyl (C=O) groups is 2. The Bertz CT molecular complexity index is 1650. The lowest BCUT2D eigenvalue weighted by atomic mass is 9.95. The number of ketones is 1. The van der Waals surface area contributed by atoms with Crippen LogP contribution >= 0.6 is 11.6 Å². The second-order valence-corrected chi connectivity index (χ2v) is 8.98. The molecule has 1 unspecified atom stereocenters. The Kier molecular flexibility index (Phi) is 6.80. The van der Waals surface area contributed by atoms with Crippen molar-refractivity contribution >= 4 is 46.0 Å². The lowest BCUT2D eigenvalue weighted by Crippen LogP contribution is -2.30. The van der Waals surface area contributed by atoms with Crippen molar-refractivity contribution in [2.45, 2.75) is 6.04 Å². The number of H-pyrrole nitrogens is 1. The molecule has 1 atom stereocenters. The van der Waals surface area contributed by atoms with Crippen LogP contribution in [-0.4, -0.2) is 55.2 Å². The number of aromatic amines is 1. The third-order valence-corrected chi connectivity index (χ3v) is 6.78. The lowest BCUT2D eigenvalue weighted by molar-refractivity contribution is -0.132. The number of benzene rings is 3. The zero-order chi connectivity index (χ0) is 27.8. The summed E-state index contributed by atoms with van der Waals surface area (Å²) in [4.78, 5) is 36.0. The number of Topliss-reactive ketones (excluding diaryl/α,β-unsaturated/α-hetero) is 1. The number of aliphatic hydroxyl groups is 1. The van der Waals surface area contributed by atoms with Crippen LogP contribution in [0.4, 0.5) is 5.95 Å². The minimum atomic E-state index is -1.06. The molecule has 1 aromatic heterocycles. The summed E-state index contributed by atoms with van der Waals surface area (Å²) in [6.45, 7) is 0. The summed E-state index contributed by atoms with van der Waals surface area (Å²) >= 11 is 6.34. The van der Waals surface area contributed by atoms with Gasteiger partial charge >= 0.3 is 5.91 Å². The minimum absolute atomic E-state index is 0.114. The van der Waals surface area contributed by atoms with Gasteiger partial charge < -0.3 is 29.0 Å². The summed E-state index contributed by atoms with van der Waals surface area (Å²) in [5.74, 6) is -0.547. The Balaban J connectivity index is 1.76. The van der Waals surface area contributed by atoms with Crippen LogP contribution in [0.5, 0.6) is 23.0 Å². The fourth-order valence-electron chi connectivity index (χ4n) is 4.58. The van der Waals surface area contributed by atoms with Crippen molar-refractivity contribution in [1.29, 1.82) is 0 Å². The standard InChI is InChI=1S/C28H24ClN3O7/c1-36-15-7-5-6-14(10-15)24-23(25(33)17-12-18(29)22(39-4)13-21(17)38-3)26(34)27(35)32(24)28-30-19-9-8-16(37-2)11-20(19)31-28/h5-13,24,33H,1-4H3,(H,30,31)/b25-23+.